The molecule has 1 nitrogen and oxygen atoms in total. The first-order valence-electron chi connectivity index (χ1n) is 3.42. The van der Waals surface area contributed by atoms with Gasteiger partial charge in [0.2, 0.25) is 0 Å². The van der Waals surface area contributed by atoms with Crippen molar-refractivity contribution in [1.29, 1.82) is 0 Å². The molecule has 0 aliphatic carbocycles. The molecule has 0 rings (SSSR count). The predicted molar refractivity (Wildman–Crippen MR) is 43.9 cm³/mol. The number of hydrogen-bond donors (Lipinski definition) is 0. The van der Waals surface area contributed by atoms with E-state index in [1.54, 1.807) is 6.08 Å². The van der Waals surface area contributed by atoms with E-state index in [1.807, 2.05) is 13.8 Å². The standard InChI is InChI=1S/C9H14O/c1-8(2)4-5-9(3)6-7-10/h6-7H,1,4-5H2,2-3H3. The monoisotopic (exact) mass is 138 g/mol. The van der Waals surface area contributed by atoms with Crippen molar-refractivity contribution < 1.29 is 4.79 Å². The number of carbonyl (C=O) groups is 1. The molecule has 56 valence electrons. The van der Waals surface area contributed by atoms with E-state index >= 15 is 0 Å². The van der Waals surface area contributed by atoms with E-state index in [2.05, 4.69) is 6.58 Å². The molecule has 0 fully saturated rings. The van der Waals surface area contributed by atoms with Crippen LogP contribution >= 0.6 is 0 Å². The lowest BCUT2D eigenvalue weighted by Crippen LogP contribution is -1.79. The van der Waals surface area contributed by atoms with E-state index in [0.29, 0.717) is 0 Å². The molecule has 10 heavy (non-hydrogen) atoms. The van der Waals surface area contributed by atoms with Crippen LogP contribution in [0.3, 0.4) is 0 Å². The molecular formula is C9H14O. The molecule has 0 aliphatic rings. The van der Waals surface area contributed by atoms with Crippen LogP contribution < -0.4 is 0 Å². The summed E-state index contributed by atoms with van der Waals surface area (Å²) in [7, 11) is 0. The maximum atomic E-state index is 9.96. The molecular weight excluding hydrogens is 124 g/mol. The summed E-state index contributed by atoms with van der Waals surface area (Å²) in [4.78, 5) is 9.96. The molecule has 0 bridgehead atoms. The third-order valence-corrected chi connectivity index (χ3v) is 1.30. The highest BCUT2D eigenvalue weighted by atomic mass is 16.1. The smallest absolute Gasteiger partial charge is 0.142 e. The summed E-state index contributed by atoms with van der Waals surface area (Å²) in [6.45, 7) is 7.72. The topological polar surface area (TPSA) is 17.1 Å². The SMILES string of the molecule is C=C(C)CCC(C)=CC=O. The van der Waals surface area contributed by atoms with Gasteiger partial charge in [-0.1, -0.05) is 11.1 Å². The molecule has 0 saturated carbocycles. The first-order chi connectivity index (χ1) is 4.66. The van der Waals surface area contributed by atoms with E-state index in [4.69, 9.17) is 0 Å². The third-order valence-electron chi connectivity index (χ3n) is 1.30. The Bertz CT molecular complexity index is 154. The maximum Gasteiger partial charge on any atom is 0.142 e. The Morgan fingerprint density at radius 2 is 2.00 bits per heavy atom. The molecule has 0 heterocycles. The summed E-state index contributed by atoms with van der Waals surface area (Å²) >= 11 is 0. The van der Waals surface area contributed by atoms with Gasteiger partial charge in [0.1, 0.15) is 6.29 Å². The van der Waals surface area contributed by atoms with Gasteiger partial charge in [-0.2, -0.15) is 0 Å². The van der Waals surface area contributed by atoms with Gasteiger partial charge in [-0.15, -0.1) is 6.58 Å². The Kier molecular flexibility index (Phi) is 4.55. The number of aldehydes is 1. The molecule has 0 radical (unpaired) electrons. The van der Waals surface area contributed by atoms with E-state index in [-0.39, 0.29) is 0 Å². The summed E-state index contributed by atoms with van der Waals surface area (Å²) in [6, 6.07) is 0. The van der Waals surface area contributed by atoms with Gasteiger partial charge in [0.15, 0.2) is 0 Å². The highest BCUT2D eigenvalue weighted by molar-refractivity contribution is 5.65. The summed E-state index contributed by atoms with van der Waals surface area (Å²) in [5, 5.41) is 0. The molecule has 0 amide bonds. The molecule has 0 spiro atoms. The van der Waals surface area contributed by atoms with Crippen molar-refractivity contribution in [3.05, 3.63) is 23.8 Å². The molecule has 0 aromatic rings. The minimum Gasteiger partial charge on any atom is -0.299 e. The van der Waals surface area contributed by atoms with Crippen molar-refractivity contribution >= 4 is 6.29 Å². The molecule has 0 saturated heterocycles. The van der Waals surface area contributed by atoms with Crippen LogP contribution in [0.2, 0.25) is 0 Å². The highest BCUT2D eigenvalue weighted by Gasteiger charge is 1.89. The molecule has 0 unspecified atom stereocenters. The first-order valence-corrected chi connectivity index (χ1v) is 3.42. The van der Waals surface area contributed by atoms with Gasteiger partial charge in [-0.25, -0.2) is 0 Å². The van der Waals surface area contributed by atoms with E-state index in [0.717, 1.165) is 24.7 Å². The summed E-state index contributed by atoms with van der Waals surface area (Å²) in [5.41, 5.74) is 2.29. The van der Waals surface area contributed by atoms with Gasteiger partial charge >= 0.3 is 0 Å². The Morgan fingerprint density at radius 1 is 1.40 bits per heavy atom. The molecule has 1 heteroatoms. The second-order valence-corrected chi connectivity index (χ2v) is 2.61. The van der Waals surface area contributed by atoms with Gasteiger partial charge in [-0.05, 0) is 32.8 Å². The van der Waals surface area contributed by atoms with Crippen molar-refractivity contribution in [3.63, 3.8) is 0 Å². The Hall–Kier alpha value is -0.850. The fraction of sp³-hybridized carbons (Fsp3) is 0.444. The van der Waals surface area contributed by atoms with Crippen LogP contribution in [-0.2, 0) is 4.79 Å². The molecule has 0 aliphatic heterocycles. The fourth-order valence-corrected chi connectivity index (χ4v) is 0.610. The molecule has 0 N–H and O–H groups in total. The fourth-order valence-electron chi connectivity index (χ4n) is 0.610. The second-order valence-electron chi connectivity index (χ2n) is 2.61. The summed E-state index contributed by atoms with van der Waals surface area (Å²) < 4.78 is 0. The Balaban J connectivity index is 3.58. The van der Waals surface area contributed by atoms with Gasteiger partial charge in [0.25, 0.3) is 0 Å². The number of hydrogen-bond acceptors (Lipinski definition) is 1. The molecule has 0 aromatic heterocycles. The Labute approximate surface area is 62.4 Å². The minimum atomic E-state index is 0.827. The zero-order chi connectivity index (χ0) is 7.98. The van der Waals surface area contributed by atoms with E-state index in [9.17, 15) is 4.79 Å². The predicted octanol–water partition coefficient (Wildman–Crippen LogP) is 2.49. The van der Waals surface area contributed by atoms with Crippen LogP contribution in [0.4, 0.5) is 0 Å². The van der Waals surface area contributed by atoms with Crippen LogP contribution in [0.1, 0.15) is 26.7 Å². The lowest BCUT2D eigenvalue weighted by atomic mass is 10.1. The van der Waals surface area contributed by atoms with Crippen molar-refractivity contribution in [2.24, 2.45) is 0 Å². The van der Waals surface area contributed by atoms with Gasteiger partial charge in [0, 0.05) is 0 Å². The van der Waals surface area contributed by atoms with Gasteiger partial charge < -0.3 is 0 Å². The Morgan fingerprint density at radius 3 is 2.40 bits per heavy atom. The van der Waals surface area contributed by atoms with Crippen molar-refractivity contribution in [1.82, 2.24) is 0 Å². The average molecular weight is 138 g/mol. The van der Waals surface area contributed by atoms with Crippen LogP contribution in [0, 0.1) is 0 Å². The van der Waals surface area contributed by atoms with Gasteiger partial charge in [-0.3, -0.25) is 4.79 Å². The number of rotatable bonds is 4. The number of carbonyl (C=O) groups excluding carboxylic acids is 1. The largest absolute Gasteiger partial charge is 0.299 e. The van der Waals surface area contributed by atoms with Crippen LogP contribution in [-0.4, -0.2) is 6.29 Å². The molecule has 0 aromatic carbocycles. The van der Waals surface area contributed by atoms with Crippen molar-refractivity contribution in [2.45, 2.75) is 26.7 Å². The number of allylic oxidation sites excluding steroid dienone is 3. The van der Waals surface area contributed by atoms with Crippen LogP contribution in [0.15, 0.2) is 23.8 Å². The molecule has 0 atom stereocenters. The second kappa shape index (κ2) is 4.98. The normalized spacial score (nSPS) is 11.2. The van der Waals surface area contributed by atoms with Crippen molar-refractivity contribution in [2.75, 3.05) is 0 Å². The van der Waals surface area contributed by atoms with E-state index in [1.165, 1.54) is 5.57 Å². The zero-order valence-corrected chi connectivity index (χ0v) is 6.68. The van der Waals surface area contributed by atoms with Crippen LogP contribution in [0.25, 0.3) is 0 Å². The lowest BCUT2D eigenvalue weighted by Gasteiger charge is -1.97. The average Bonchev–Trinajstić information content (AvgIpc) is 1.85. The summed E-state index contributed by atoms with van der Waals surface area (Å²) in [6.07, 6.45) is 4.36. The van der Waals surface area contributed by atoms with Crippen molar-refractivity contribution in [3.8, 4) is 0 Å². The van der Waals surface area contributed by atoms with E-state index < -0.39 is 0 Å². The maximum absolute atomic E-state index is 9.96. The quantitative estimate of drug-likeness (QED) is 0.331. The first kappa shape index (κ1) is 9.15. The summed E-state index contributed by atoms with van der Waals surface area (Å²) in [5.74, 6) is 0. The lowest BCUT2D eigenvalue weighted by molar-refractivity contribution is -0.104. The highest BCUT2D eigenvalue weighted by Crippen LogP contribution is 2.07. The minimum absolute atomic E-state index is 0.827. The zero-order valence-electron chi connectivity index (χ0n) is 6.68. The third kappa shape index (κ3) is 5.29. The van der Waals surface area contributed by atoms with Crippen LogP contribution in [0.5, 0.6) is 0 Å². The van der Waals surface area contributed by atoms with Gasteiger partial charge in [0.05, 0.1) is 0 Å².